The maximum absolute atomic E-state index is 5.61. The minimum Gasteiger partial charge on any atom is -0.380 e. The normalized spacial score (nSPS) is 19.5. The van der Waals surface area contributed by atoms with Gasteiger partial charge in [-0.2, -0.15) is 0 Å². The van der Waals surface area contributed by atoms with Crippen LogP contribution in [0.1, 0.15) is 46.5 Å². The van der Waals surface area contributed by atoms with E-state index in [0.717, 1.165) is 45.2 Å². The first-order valence-corrected chi connectivity index (χ1v) is 8.93. The number of piperidine rings is 1. The van der Waals surface area contributed by atoms with Gasteiger partial charge in [0.15, 0.2) is 5.96 Å². The lowest BCUT2D eigenvalue weighted by atomic mass is 10.0. The molecule has 1 fully saturated rings. The van der Waals surface area contributed by atoms with Crippen LogP contribution in [0.3, 0.4) is 0 Å². The minimum atomic E-state index is 0. The summed E-state index contributed by atoms with van der Waals surface area (Å²) in [7, 11) is 1.83. The number of nitrogens with zero attached hydrogens (tertiary/aromatic N) is 2. The standard InChI is InChI=1S/C17H36N4O.HI/c1-5-21-11-7-6-8-16(21)14-20-17(18-4)19-10-13-22-12-9-15(2)3;/h15-16H,5-14H2,1-4H3,(H2,18,19,20);1H. The molecule has 1 rings (SSSR count). The van der Waals surface area contributed by atoms with Crippen molar-refractivity contribution in [1.82, 2.24) is 15.5 Å². The molecule has 0 saturated carbocycles. The lowest BCUT2D eigenvalue weighted by Gasteiger charge is -2.35. The molecule has 0 aliphatic carbocycles. The number of halogens is 1. The second-order valence-electron chi connectivity index (χ2n) is 6.45. The largest absolute Gasteiger partial charge is 0.380 e. The lowest BCUT2D eigenvalue weighted by Crippen LogP contribution is -2.49. The fraction of sp³-hybridized carbons (Fsp3) is 0.941. The number of hydrogen-bond donors (Lipinski definition) is 2. The van der Waals surface area contributed by atoms with E-state index in [1.807, 2.05) is 7.05 Å². The zero-order valence-electron chi connectivity index (χ0n) is 15.4. The van der Waals surface area contributed by atoms with Crippen molar-refractivity contribution >= 4 is 29.9 Å². The molecule has 138 valence electrons. The molecule has 0 bridgehead atoms. The molecule has 0 radical (unpaired) electrons. The number of guanidine groups is 1. The number of rotatable bonds is 9. The Labute approximate surface area is 160 Å². The summed E-state index contributed by atoms with van der Waals surface area (Å²) in [6.07, 6.45) is 5.10. The number of likely N-dealkylation sites (N-methyl/N-ethyl adjacent to an activating group) is 1. The van der Waals surface area contributed by atoms with Crippen molar-refractivity contribution < 1.29 is 4.74 Å². The second kappa shape index (κ2) is 14.3. The molecular formula is C17H37IN4O. The number of likely N-dealkylation sites (tertiary alicyclic amines) is 1. The molecule has 1 saturated heterocycles. The fourth-order valence-corrected chi connectivity index (χ4v) is 2.81. The monoisotopic (exact) mass is 440 g/mol. The molecule has 1 aliphatic heterocycles. The molecule has 0 spiro atoms. The van der Waals surface area contributed by atoms with Gasteiger partial charge in [0.2, 0.25) is 0 Å². The van der Waals surface area contributed by atoms with Gasteiger partial charge in [0, 0.05) is 32.8 Å². The van der Waals surface area contributed by atoms with Crippen LogP contribution in [-0.2, 0) is 4.74 Å². The van der Waals surface area contributed by atoms with Crippen molar-refractivity contribution in [2.45, 2.75) is 52.5 Å². The summed E-state index contributed by atoms with van der Waals surface area (Å²) < 4.78 is 5.61. The molecule has 1 atom stereocenters. The molecule has 1 unspecified atom stereocenters. The summed E-state index contributed by atoms with van der Waals surface area (Å²) in [5.41, 5.74) is 0. The highest BCUT2D eigenvalue weighted by Crippen LogP contribution is 2.15. The second-order valence-corrected chi connectivity index (χ2v) is 6.45. The highest BCUT2D eigenvalue weighted by atomic mass is 127. The molecule has 6 heteroatoms. The summed E-state index contributed by atoms with van der Waals surface area (Å²) in [4.78, 5) is 6.86. The third kappa shape index (κ3) is 10.4. The van der Waals surface area contributed by atoms with Gasteiger partial charge >= 0.3 is 0 Å². The van der Waals surface area contributed by atoms with Gasteiger partial charge in [-0.05, 0) is 38.3 Å². The van der Waals surface area contributed by atoms with Gasteiger partial charge in [-0.15, -0.1) is 24.0 Å². The first-order chi connectivity index (χ1) is 10.7. The van der Waals surface area contributed by atoms with Crippen LogP contribution in [0.15, 0.2) is 4.99 Å². The van der Waals surface area contributed by atoms with E-state index in [0.29, 0.717) is 12.0 Å². The molecule has 1 aliphatic rings. The van der Waals surface area contributed by atoms with E-state index in [1.54, 1.807) is 0 Å². The number of ether oxygens (including phenoxy) is 1. The number of nitrogens with one attached hydrogen (secondary N) is 2. The SMILES string of the molecule is CCN1CCCCC1CNC(=NC)NCCOCCC(C)C.I. The first-order valence-electron chi connectivity index (χ1n) is 8.93. The Hall–Kier alpha value is -0.0800. The van der Waals surface area contributed by atoms with Crippen molar-refractivity contribution in [3.05, 3.63) is 0 Å². The van der Waals surface area contributed by atoms with Crippen LogP contribution < -0.4 is 10.6 Å². The topological polar surface area (TPSA) is 48.9 Å². The smallest absolute Gasteiger partial charge is 0.191 e. The third-order valence-corrected chi connectivity index (χ3v) is 4.26. The maximum Gasteiger partial charge on any atom is 0.191 e. The van der Waals surface area contributed by atoms with Crippen LogP contribution >= 0.6 is 24.0 Å². The lowest BCUT2D eigenvalue weighted by molar-refractivity contribution is 0.128. The predicted molar refractivity (Wildman–Crippen MR) is 110 cm³/mol. The van der Waals surface area contributed by atoms with Crippen molar-refractivity contribution in [2.24, 2.45) is 10.9 Å². The van der Waals surface area contributed by atoms with E-state index in [4.69, 9.17) is 4.74 Å². The fourth-order valence-electron chi connectivity index (χ4n) is 2.81. The third-order valence-electron chi connectivity index (χ3n) is 4.26. The van der Waals surface area contributed by atoms with Crippen molar-refractivity contribution in [2.75, 3.05) is 46.4 Å². The minimum absolute atomic E-state index is 0. The Morgan fingerprint density at radius 2 is 2.04 bits per heavy atom. The van der Waals surface area contributed by atoms with Gasteiger partial charge in [0.05, 0.1) is 6.61 Å². The Balaban J connectivity index is 0.00000484. The molecule has 0 aromatic carbocycles. The Morgan fingerprint density at radius 1 is 1.26 bits per heavy atom. The van der Waals surface area contributed by atoms with Crippen LogP contribution in [-0.4, -0.2) is 63.3 Å². The summed E-state index contributed by atoms with van der Waals surface area (Å²) in [5, 5.41) is 6.78. The van der Waals surface area contributed by atoms with Gasteiger partial charge in [-0.1, -0.05) is 27.2 Å². The average Bonchev–Trinajstić information content (AvgIpc) is 2.53. The van der Waals surface area contributed by atoms with Gasteiger partial charge in [-0.25, -0.2) is 0 Å². The Kier molecular flexibility index (Phi) is 14.2. The molecule has 0 amide bonds. The van der Waals surface area contributed by atoms with Gasteiger partial charge in [0.25, 0.3) is 0 Å². The molecular weight excluding hydrogens is 403 g/mol. The summed E-state index contributed by atoms with van der Waals surface area (Å²) in [6, 6.07) is 0.639. The van der Waals surface area contributed by atoms with Crippen LogP contribution in [0, 0.1) is 5.92 Å². The van der Waals surface area contributed by atoms with Crippen LogP contribution in [0.25, 0.3) is 0 Å². The maximum atomic E-state index is 5.61. The molecule has 23 heavy (non-hydrogen) atoms. The highest BCUT2D eigenvalue weighted by molar-refractivity contribution is 14.0. The Bertz CT molecular complexity index is 313. The number of hydrogen-bond acceptors (Lipinski definition) is 3. The van der Waals surface area contributed by atoms with Crippen molar-refractivity contribution in [1.29, 1.82) is 0 Å². The van der Waals surface area contributed by atoms with Crippen LogP contribution in [0.5, 0.6) is 0 Å². The van der Waals surface area contributed by atoms with E-state index >= 15 is 0 Å². The molecule has 0 aromatic rings. The van der Waals surface area contributed by atoms with Gasteiger partial charge < -0.3 is 15.4 Å². The van der Waals surface area contributed by atoms with Crippen LogP contribution in [0.2, 0.25) is 0 Å². The molecule has 5 nitrogen and oxygen atoms in total. The van der Waals surface area contributed by atoms with E-state index in [1.165, 1.54) is 25.8 Å². The van der Waals surface area contributed by atoms with Crippen molar-refractivity contribution in [3.63, 3.8) is 0 Å². The average molecular weight is 440 g/mol. The van der Waals surface area contributed by atoms with E-state index in [9.17, 15) is 0 Å². The first kappa shape index (κ1) is 22.9. The van der Waals surface area contributed by atoms with E-state index < -0.39 is 0 Å². The molecule has 0 aromatic heterocycles. The van der Waals surface area contributed by atoms with E-state index in [2.05, 4.69) is 41.3 Å². The van der Waals surface area contributed by atoms with Crippen LogP contribution in [0.4, 0.5) is 0 Å². The van der Waals surface area contributed by atoms with Gasteiger partial charge in [-0.3, -0.25) is 9.89 Å². The number of aliphatic imine (C=N–C) groups is 1. The summed E-state index contributed by atoms with van der Waals surface area (Å²) >= 11 is 0. The van der Waals surface area contributed by atoms with Crippen molar-refractivity contribution in [3.8, 4) is 0 Å². The van der Waals surface area contributed by atoms with Gasteiger partial charge in [0.1, 0.15) is 0 Å². The quantitative estimate of drug-likeness (QED) is 0.251. The Morgan fingerprint density at radius 3 is 2.70 bits per heavy atom. The van der Waals surface area contributed by atoms with E-state index in [-0.39, 0.29) is 24.0 Å². The molecule has 2 N–H and O–H groups in total. The molecule has 1 heterocycles. The highest BCUT2D eigenvalue weighted by Gasteiger charge is 2.20. The zero-order chi connectivity index (χ0) is 16.2. The predicted octanol–water partition coefficient (Wildman–Crippen LogP) is 2.71. The summed E-state index contributed by atoms with van der Waals surface area (Å²) in [6.45, 7) is 12.4. The summed E-state index contributed by atoms with van der Waals surface area (Å²) in [5.74, 6) is 1.59. The zero-order valence-corrected chi connectivity index (χ0v) is 17.8.